The molecule has 1 saturated carbocycles. The van der Waals surface area contributed by atoms with Gasteiger partial charge in [-0.1, -0.05) is 19.8 Å². The van der Waals surface area contributed by atoms with Gasteiger partial charge in [-0.2, -0.15) is 0 Å². The molecule has 1 aliphatic carbocycles. The van der Waals surface area contributed by atoms with E-state index in [-0.39, 0.29) is 0 Å². The molecule has 0 unspecified atom stereocenters. The van der Waals surface area contributed by atoms with Crippen LogP contribution in [0.5, 0.6) is 0 Å². The van der Waals surface area contributed by atoms with Crippen molar-refractivity contribution in [2.75, 3.05) is 0 Å². The van der Waals surface area contributed by atoms with Crippen LogP contribution in [0.4, 0.5) is 0 Å². The molecule has 0 saturated heterocycles. The highest BCUT2D eigenvalue weighted by molar-refractivity contribution is 5.17. The van der Waals surface area contributed by atoms with E-state index in [1.54, 1.807) is 0 Å². The Balaban J connectivity index is 2.65. The highest BCUT2D eigenvalue weighted by atomic mass is 16.3. The van der Waals surface area contributed by atoms with Crippen molar-refractivity contribution in [1.82, 2.24) is 0 Å². The van der Waals surface area contributed by atoms with Gasteiger partial charge in [0.25, 0.3) is 0 Å². The van der Waals surface area contributed by atoms with Gasteiger partial charge in [-0.3, -0.25) is 0 Å². The predicted octanol–water partition coefficient (Wildman–Crippen LogP) is 1.95. The summed E-state index contributed by atoms with van der Waals surface area (Å²) in [6.07, 6.45) is 3.95. The number of hydrogen-bond donors (Lipinski definition) is 1. The Kier molecular flexibility index (Phi) is 2.57. The van der Waals surface area contributed by atoms with Crippen molar-refractivity contribution in [2.24, 2.45) is 5.92 Å². The van der Waals surface area contributed by atoms with Crippen molar-refractivity contribution in [3.63, 3.8) is 0 Å². The molecule has 2 atom stereocenters. The molecule has 0 aromatic rings. The fraction of sp³-hybridized carbons (Fsp3) is 0.800. The molecule has 62 valence electrons. The van der Waals surface area contributed by atoms with Gasteiger partial charge >= 0.3 is 0 Å². The molecule has 1 rings (SSSR count). The lowest BCUT2D eigenvalue weighted by Crippen LogP contribution is -2.29. The highest BCUT2D eigenvalue weighted by Gasteiger charge is 2.36. The summed E-state index contributed by atoms with van der Waals surface area (Å²) in [7, 11) is 0. The van der Waals surface area contributed by atoms with Gasteiger partial charge in [0.1, 0.15) is 5.60 Å². The van der Waals surface area contributed by atoms with E-state index in [1.165, 1.54) is 0 Å². The maximum Gasteiger partial charge on any atom is 0.128 e. The van der Waals surface area contributed by atoms with Crippen LogP contribution in [0, 0.1) is 17.8 Å². The van der Waals surface area contributed by atoms with E-state index in [0.29, 0.717) is 5.92 Å². The summed E-state index contributed by atoms with van der Waals surface area (Å²) in [5, 5.41) is 9.92. The smallest absolute Gasteiger partial charge is 0.128 e. The largest absolute Gasteiger partial charge is 0.377 e. The molecule has 1 aliphatic rings. The first kappa shape index (κ1) is 8.62. The standard InChI is InChI=1S/C10H16O/c1-3-4-7-10(11)8-5-6-9(10)2/h9,11H,3,5-6,8H2,1-2H3/t9-,10+/m1/s1. The molecule has 1 fully saturated rings. The van der Waals surface area contributed by atoms with Crippen LogP contribution < -0.4 is 0 Å². The Bertz CT molecular complexity index is 187. The maximum absolute atomic E-state index is 9.92. The Morgan fingerprint density at radius 3 is 2.82 bits per heavy atom. The fourth-order valence-electron chi connectivity index (χ4n) is 1.59. The second-order valence-corrected chi connectivity index (χ2v) is 3.37. The van der Waals surface area contributed by atoms with Crippen LogP contribution in [0.25, 0.3) is 0 Å². The molecule has 1 N–H and O–H groups in total. The van der Waals surface area contributed by atoms with E-state index in [9.17, 15) is 5.11 Å². The first-order chi connectivity index (χ1) is 5.19. The van der Waals surface area contributed by atoms with E-state index >= 15 is 0 Å². The topological polar surface area (TPSA) is 20.2 Å². The van der Waals surface area contributed by atoms with Crippen LogP contribution >= 0.6 is 0 Å². The summed E-state index contributed by atoms with van der Waals surface area (Å²) in [5.74, 6) is 6.29. The molecular formula is C10H16O. The zero-order chi connectivity index (χ0) is 8.32. The Hall–Kier alpha value is -0.480. The first-order valence-corrected chi connectivity index (χ1v) is 4.41. The van der Waals surface area contributed by atoms with Crippen molar-refractivity contribution >= 4 is 0 Å². The predicted molar refractivity (Wildman–Crippen MR) is 46.0 cm³/mol. The molecule has 0 spiro atoms. The molecule has 11 heavy (non-hydrogen) atoms. The van der Waals surface area contributed by atoms with Crippen LogP contribution in [-0.4, -0.2) is 10.7 Å². The Morgan fingerprint density at radius 2 is 2.36 bits per heavy atom. The van der Waals surface area contributed by atoms with Crippen molar-refractivity contribution in [3.05, 3.63) is 0 Å². The van der Waals surface area contributed by atoms with Gasteiger partial charge in [0.05, 0.1) is 0 Å². The summed E-state index contributed by atoms with van der Waals surface area (Å²) >= 11 is 0. The van der Waals surface area contributed by atoms with Crippen LogP contribution in [0.2, 0.25) is 0 Å². The lowest BCUT2D eigenvalue weighted by Gasteiger charge is -2.20. The van der Waals surface area contributed by atoms with E-state index in [2.05, 4.69) is 18.8 Å². The lowest BCUT2D eigenvalue weighted by molar-refractivity contribution is 0.0686. The molecule has 0 bridgehead atoms. The summed E-state index contributed by atoms with van der Waals surface area (Å²) < 4.78 is 0. The van der Waals surface area contributed by atoms with Crippen molar-refractivity contribution in [2.45, 2.75) is 45.1 Å². The fourth-order valence-corrected chi connectivity index (χ4v) is 1.59. The van der Waals surface area contributed by atoms with Gasteiger partial charge in [-0.05, 0) is 25.2 Å². The molecule has 0 aromatic carbocycles. The van der Waals surface area contributed by atoms with E-state index < -0.39 is 5.60 Å². The first-order valence-electron chi connectivity index (χ1n) is 4.41. The van der Waals surface area contributed by atoms with E-state index in [4.69, 9.17) is 0 Å². The molecule has 1 nitrogen and oxygen atoms in total. The minimum atomic E-state index is -0.657. The van der Waals surface area contributed by atoms with Gasteiger partial charge in [-0.15, -0.1) is 5.92 Å². The number of rotatable bonds is 0. The van der Waals surface area contributed by atoms with Crippen LogP contribution in [-0.2, 0) is 0 Å². The van der Waals surface area contributed by atoms with Gasteiger partial charge in [-0.25, -0.2) is 0 Å². The summed E-state index contributed by atoms with van der Waals surface area (Å²) in [5.41, 5.74) is -0.657. The normalized spacial score (nSPS) is 36.5. The van der Waals surface area contributed by atoms with Gasteiger partial charge in [0.15, 0.2) is 0 Å². The number of hydrogen-bond acceptors (Lipinski definition) is 1. The van der Waals surface area contributed by atoms with Crippen molar-refractivity contribution in [1.29, 1.82) is 0 Å². The third kappa shape index (κ3) is 1.75. The molecular weight excluding hydrogens is 136 g/mol. The summed E-state index contributed by atoms with van der Waals surface area (Å²) in [6.45, 7) is 4.09. The zero-order valence-electron chi connectivity index (χ0n) is 7.35. The van der Waals surface area contributed by atoms with Crippen LogP contribution in [0.15, 0.2) is 0 Å². The monoisotopic (exact) mass is 152 g/mol. The lowest BCUT2D eigenvalue weighted by atomic mass is 9.93. The van der Waals surface area contributed by atoms with Crippen LogP contribution in [0.3, 0.4) is 0 Å². The average molecular weight is 152 g/mol. The van der Waals surface area contributed by atoms with E-state index in [1.807, 2.05) is 6.92 Å². The number of aliphatic hydroxyl groups is 1. The summed E-state index contributed by atoms with van der Waals surface area (Å²) in [4.78, 5) is 0. The highest BCUT2D eigenvalue weighted by Crippen LogP contribution is 2.34. The van der Waals surface area contributed by atoms with Gasteiger partial charge in [0.2, 0.25) is 0 Å². The third-order valence-electron chi connectivity index (χ3n) is 2.49. The maximum atomic E-state index is 9.92. The summed E-state index contributed by atoms with van der Waals surface area (Å²) in [6, 6.07) is 0. The quantitative estimate of drug-likeness (QED) is 0.526. The van der Waals surface area contributed by atoms with Crippen molar-refractivity contribution in [3.8, 4) is 11.8 Å². The van der Waals surface area contributed by atoms with Gasteiger partial charge in [0, 0.05) is 6.42 Å². The van der Waals surface area contributed by atoms with Gasteiger partial charge < -0.3 is 5.11 Å². The second-order valence-electron chi connectivity index (χ2n) is 3.37. The van der Waals surface area contributed by atoms with Crippen LogP contribution in [0.1, 0.15) is 39.5 Å². The van der Waals surface area contributed by atoms with Crippen molar-refractivity contribution < 1.29 is 5.11 Å². The average Bonchev–Trinajstić information content (AvgIpc) is 2.30. The third-order valence-corrected chi connectivity index (χ3v) is 2.49. The molecule has 0 aliphatic heterocycles. The zero-order valence-corrected chi connectivity index (χ0v) is 7.35. The second kappa shape index (κ2) is 3.28. The Labute approximate surface area is 68.8 Å². The molecule has 0 heterocycles. The minimum absolute atomic E-state index is 0.363. The minimum Gasteiger partial charge on any atom is -0.377 e. The molecule has 0 amide bonds. The molecule has 0 aromatic heterocycles. The molecule has 1 heteroatoms. The Morgan fingerprint density at radius 1 is 1.64 bits per heavy atom. The van der Waals surface area contributed by atoms with E-state index in [0.717, 1.165) is 25.7 Å². The SMILES string of the molecule is CCC#C[C@]1(O)CCC[C@H]1C. The molecule has 0 radical (unpaired) electrons.